The Morgan fingerprint density at radius 2 is 1.56 bits per heavy atom. The van der Waals surface area contributed by atoms with Gasteiger partial charge < -0.3 is 10.2 Å². The average Bonchev–Trinajstić information content (AvgIpc) is 2.26. The Morgan fingerprint density at radius 1 is 1.00 bits per heavy atom. The van der Waals surface area contributed by atoms with Crippen molar-refractivity contribution >= 4 is 5.69 Å². The summed E-state index contributed by atoms with van der Waals surface area (Å²) in [7, 11) is 2.18. The molecule has 0 radical (unpaired) electrons. The largest absolute Gasteiger partial charge is 0.371 e. The van der Waals surface area contributed by atoms with Crippen LogP contribution in [0.1, 0.15) is 31.9 Å². The summed E-state index contributed by atoms with van der Waals surface area (Å²) in [4.78, 5) is 2.35. The minimum Gasteiger partial charge on any atom is -0.371 e. The molecule has 1 N–H and O–H groups in total. The lowest BCUT2D eigenvalue weighted by atomic mass is 10.1. The quantitative estimate of drug-likeness (QED) is 0.830. The monoisotopic (exact) mass is 248 g/mol. The van der Waals surface area contributed by atoms with Crippen LogP contribution in [0.4, 0.5) is 5.69 Å². The predicted octanol–water partition coefficient (Wildman–Crippen LogP) is 3.37. The molecule has 0 spiro atoms. The van der Waals surface area contributed by atoms with Crippen molar-refractivity contribution in [2.75, 3.05) is 25.0 Å². The summed E-state index contributed by atoms with van der Waals surface area (Å²) in [5, 5.41) is 3.52. The fourth-order valence-corrected chi connectivity index (χ4v) is 2.13. The Bertz CT molecular complexity index is 351. The van der Waals surface area contributed by atoms with E-state index in [0.717, 1.165) is 13.1 Å². The van der Waals surface area contributed by atoms with Crippen LogP contribution in [0.5, 0.6) is 0 Å². The predicted molar refractivity (Wildman–Crippen MR) is 81.5 cm³/mol. The van der Waals surface area contributed by atoms with Crippen molar-refractivity contribution in [2.45, 2.75) is 40.7 Å². The third kappa shape index (κ3) is 4.69. The maximum absolute atomic E-state index is 3.52. The lowest BCUT2D eigenvalue weighted by Gasteiger charge is -2.28. The summed E-state index contributed by atoms with van der Waals surface area (Å²) in [5.41, 5.74) is 3.98. The highest BCUT2D eigenvalue weighted by Crippen LogP contribution is 2.19. The van der Waals surface area contributed by atoms with E-state index < -0.39 is 0 Å². The average molecular weight is 248 g/mol. The molecule has 1 unspecified atom stereocenters. The minimum absolute atomic E-state index is 0.505. The van der Waals surface area contributed by atoms with Gasteiger partial charge >= 0.3 is 0 Å². The van der Waals surface area contributed by atoms with Crippen LogP contribution in [0, 0.1) is 19.8 Å². The standard InChI is InChI=1S/C16H28N2/c1-12(2)10-17-11-15(5)18(6)16-8-13(3)7-14(4)9-16/h7-9,12,15,17H,10-11H2,1-6H3. The zero-order valence-corrected chi connectivity index (χ0v) is 12.7. The maximum atomic E-state index is 3.52. The van der Waals surface area contributed by atoms with Gasteiger partial charge in [-0.2, -0.15) is 0 Å². The van der Waals surface area contributed by atoms with Crippen molar-refractivity contribution < 1.29 is 0 Å². The number of hydrogen-bond acceptors (Lipinski definition) is 2. The number of rotatable bonds is 6. The second-order valence-corrected chi connectivity index (χ2v) is 5.86. The first-order valence-electron chi connectivity index (χ1n) is 6.92. The van der Waals surface area contributed by atoms with Gasteiger partial charge in [0.1, 0.15) is 0 Å². The van der Waals surface area contributed by atoms with E-state index in [2.05, 4.69) is 70.1 Å². The van der Waals surface area contributed by atoms with E-state index in [1.165, 1.54) is 16.8 Å². The SMILES string of the molecule is Cc1cc(C)cc(N(C)C(C)CNCC(C)C)c1. The first-order valence-corrected chi connectivity index (χ1v) is 6.92. The van der Waals surface area contributed by atoms with E-state index in [0.29, 0.717) is 12.0 Å². The highest BCUT2D eigenvalue weighted by molar-refractivity contribution is 5.51. The molecule has 0 aromatic heterocycles. The van der Waals surface area contributed by atoms with Crippen LogP contribution in [0.25, 0.3) is 0 Å². The normalized spacial score (nSPS) is 12.8. The molecule has 1 aromatic rings. The second kappa shape index (κ2) is 6.79. The van der Waals surface area contributed by atoms with Crippen molar-refractivity contribution in [3.63, 3.8) is 0 Å². The first kappa shape index (κ1) is 15.0. The molecule has 0 heterocycles. The zero-order valence-electron chi connectivity index (χ0n) is 12.7. The Kier molecular flexibility index (Phi) is 5.67. The zero-order chi connectivity index (χ0) is 13.7. The molecule has 0 amide bonds. The fourth-order valence-electron chi connectivity index (χ4n) is 2.13. The Morgan fingerprint density at radius 3 is 2.06 bits per heavy atom. The number of nitrogens with one attached hydrogen (secondary N) is 1. The Balaban J connectivity index is 2.59. The van der Waals surface area contributed by atoms with Crippen LogP contribution in [-0.2, 0) is 0 Å². The second-order valence-electron chi connectivity index (χ2n) is 5.86. The number of benzene rings is 1. The van der Waals surface area contributed by atoms with Gasteiger partial charge in [-0.3, -0.25) is 0 Å². The molecule has 0 aliphatic heterocycles. The number of anilines is 1. The smallest absolute Gasteiger partial charge is 0.0383 e. The van der Waals surface area contributed by atoms with Crippen LogP contribution in [0.2, 0.25) is 0 Å². The van der Waals surface area contributed by atoms with Gasteiger partial charge in [0.15, 0.2) is 0 Å². The van der Waals surface area contributed by atoms with E-state index in [9.17, 15) is 0 Å². The van der Waals surface area contributed by atoms with Crippen LogP contribution in [0.15, 0.2) is 18.2 Å². The molecular weight excluding hydrogens is 220 g/mol. The minimum atomic E-state index is 0.505. The topological polar surface area (TPSA) is 15.3 Å². The third-order valence-corrected chi connectivity index (χ3v) is 3.27. The van der Waals surface area contributed by atoms with E-state index in [1.807, 2.05) is 0 Å². The maximum Gasteiger partial charge on any atom is 0.0383 e. The molecule has 0 saturated carbocycles. The molecule has 2 heteroatoms. The summed E-state index contributed by atoms with van der Waals surface area (Å²) in [5.74, 6) is 0.712. The molecule has 0 saturated heterocycles. The van der Waals surface area contributed by atoms with E-state index >= 15 is 0 Å². The molecule has 1 aromatic carbocycles. The molecule has 0 bridgehead atoms. The van der Waals surface area contributed by atoms with Crippen LogP contribution in [0.3, 0.4) is 0 Å². The van der Waals surface area contributed by atoms with Crippen molar-refractivity contribution in [1.29, 1.82) is 0 Å². The molecule has 1 atom stereocenters. The van der Waals surface area contributed by atoms with Crippen LogP contribution in [-0.4, -0.2) is 26.2 Å². The molecule has 0 aliphatic carbocycles. The molecular formula is C16H28N2. The van der Waals surface area contributed by atoms with Gasteiger partial charge in [-0.15, -0.1) is 0 Å². The number of hydrogen-bond donors (Lipinski definition) is 1. The van der Waals surface area contributed by atoms with Crippen molar-refractivity contribution in [2.24, 2.45) is 5.92 Å². The van der Waals surface area contributed by atoms with Crippen LogP contribution < -0.4 is 10.2 Å². The lowest BCUT2D eigenvalue weighted by Crippen LogP contribution is -2.39. The summed E-state index contributed by atoms with van der Waals surface area (Å²) in [6, 6.07) is 7.24. The molecule has 0 fully saturated rings. The Labute approximate surface area is 112 Å². The van der Waals surface area contributed by atoms with Gasteiger partial charge in [-0.05, 0) is 56.5 Å². The first-order chi connectivity index (χ1) is 8.40. The summed E-state index contributed by atoms with van der Waals surface area (Å²) < 4.78 is 0. The van der Waals surface area contributed by atoms with E-state index in [4.69, 9.17) is 0 Å². The van der Waals surface area contributed by atoms with E-state index in [-0.39, 0.29) is 0 Å². The lowest BCUT2D eigenvalue weighted by molar-refractivity contribution is 0.518. The van der Waals surface area contributed by atoms with Crippen molar-refractivity contribution in [1.82, 2.24) is 5.32 Å². The molecule has 18 heavy (non-hydrogen) atoms. The Hall–Kier alpha value is -1.02. The van der Waals surface area contributed by atoms with Gasteiger partial charge in [0, 0.05) is 25.3 Å². The van der Waals surface area contributed by atoms with Gasteiger partial charge in [-0.25, -0.2) is 0 Å². The molecule has 2 nitrogen and oxygen atoms in total. The summed E-state index contributed by atoms with van der Waals surface area (Å²) in [6.45, 7) is 13.2. The van der Waals surface area contributed by atoms with Gasteiger partial charge in [0.2, 0.25) is 0 Å². The highest BCUT2D eigenvalue weighted by atomic mass is 15.1. The number of likely N-dealkylation sites (N-methyl/N-ethyl adjacent to an activating group) is 1. The summed E-state index contributed by atoms with van der Waals surface area (Å²) >= 11 is 0. The van der Waals surface area contributed by atoms with Gasteiger partial charge in [0.05, 0.1) is 0 Å². The molecule has 1 rings (SSSR count). The van der Waals surface area contributed by atoms with Gasteiger partial charge in [-0.1, -0.05) is 19.9 Å². The molecule has 102 valence electrons. The fraction of sp³-hybridized carbons (Fsp3) is 0.625. The highest BCUT2D eigenvalue weighted by Gasteiger charge is 2.10. The van der Waals surface area contributed by atoms with Crippen molar-refractivity contribution in [3.8, 4) is 0 Å². The summed E-state index contributed by atoms with van der Waals surface area (Å²) in [6.07, 6.45) is 0. The van der Waals surface area contributed by atoms with Crippen molar-refractivity contribution in [3.05, 3.63) is 29.3 Å². The third-order valence-electron chi connectivity index (χ3n) is 3.27. The molecule has 0 aliphatic rings. The van der Waals surface area contributed by atoms with E-state index in [1.54, 1.807) is 0 Å². The van der Waals surface area contributed by atoms with Crippen LogP contribution >= 0.6 is 0 Å². The van der Waals surface area contributed by atoms with Gasteiger partial charge in [0.25, 0.3) is 0 Å². The number of aryl methyl sites for hydroxylation is 2. The number of nitrogens with zero attached hydrogens (tertiary/aromatic N) is 1.